The molecule has 1 heterocycles. The molecule has 1 N–H and O–H groups in total. The van der Waals surface area contributed by atoms with Crippen molar-refractivity contribution >= 4 is 5.78 Å². The third-order valence-electron chi connectivity index (χ3n) is 9.13. The largest absolute Gasteiger partial charge is 0.512 e. The molecule has 2 aliphatic rings. The van der Waals surface area contributed by atoms with E-state index in [1.165, 1.54) is 39.5 Å². The number of carbonyl (C=O) groups excluding carboxylic acids is 1. The monoisotopic (exact) mass is 715 g/mol. The number of benzene rings is 2. The van der Waals surface area contributed by atoms with E-state index in [-0.39, 0.29) is 54.3 Å². The summed E-state index contributed by atoms with van der Waals surface area (Å²) in [6, 6.07) is 18.9. The van der Waals surface area contributed by atoms with E-state index in [4.69, 9.17) is 4.98 Å². The number of aliphatic hydroxyl groups excluding tert-OH is 1. The molecule has 1 radical (unpaired) electrons. The van der Waals surface area contributed by atoms with Gasteiger partial charge in [0, 0.05) is 49.6 Å². The van der Waals surface area contributed by atoms with Gasteiger partial charge in [-0.15, -0.1) is 29.3 Å². The molecule has 0 fully saturated rings. The maximum absolute atomic E-state index is 11.7. The topological polar surface area (TPSA) is 50.2 Å². The molecule has 40 heavy (non-hydrogen) atoms. The Bertz CT molecular complexity index is 1390. The number of pyridine rings is 1. The fourth-order valence-electron chi connectivity index (χ4n) is 6.51. The Morgan fingerprint density at radius 2 is 1.35 bits per heavy atom. The van der Waals surface area contributed by atoms with Gasteiger partial charge >= 0.3 is 0 Å². The van der Waals surface area contributed by atoms with Crippen molar-refractivity contribution in [2.45, 2.75) is 91.9 Å². The van der Waals surface area contributed by atoms with Crippen molar-refractivity contribution in [2.24, 2.45) is 11.8 Å². The van der Waals surface area contributed by atoms with Gasteiger partial charge in [0.15, 0.2) is 5.78 Å². The van der Waals surface area contributed by atoms with Crippen LogP contribution in [0.4, 0.5) is 0 Å². The van der Waals surface area contributed by atoms with Crippen molar-refractivity contribution < 1.29 is 30.0 Å². The number of carbonyl (C=O) groups is 1. The molecule has 0 aliphatic heterocycles. The molecule has 1 aromatic heterocycles. The van der Waals surface area contributed by atoms with Crippen LogP contribution in [-0.4, -0.2) is 15.9 Å². The van der Waals surface area contributed by atoms with Crippen molar-refractivity contribution in [1.82, 2.24) is 4.98 Å². The third kappa shape index (κ3) is 5.38. The Morgan fingerprint density at radius 3 is 1.93 bits per heavy atom. The van der Waals surface area contributed by atoms with Gasteiger partial charge in [0.25, 0.3) is 0 Å². The standard InChI is InChI=1S/C23H20N.C13H24O2.Ir/c1-22(2)15-9-5-8-14-19(15)20-16(22)10-6-11-17(20)23(3,4)18-12-7-13-24-21(14)18;1-5-10(6-2)12(14)9-13(15)11(7-3)8-4;/h5-7,9-13H,1-4H3;9-11,14H,5-8H2,1-4H3;/q-1;;/b;12-9-;. The minimum absolute atomic E-state index is 0. The Hall–Kier alpha value is -2.55. The van der Waals surface area contributed by atoms with E-state index in [0.717, 1.165) is 36.9 Å². The minimum Gasteiger partial charge on any atom is -0.512 e. The van der Waals surface area contributed by atoms with Crippen molar-refractivity contribution in [3.8, 4) is 22.4 Å². The number of aliphatic hydroxyl groups is 1. The molecule has 0 atom stereocenters. The number of ketones is 1. The zero-order chi connectivity index (χ0) is 28.5. The first kappa shape index (κ1) is 32.0. The van der Waals surface area contributed by atoms with Crippen molar-refractivity contribution in [1.29, 1.82) is 0 Å². The second kappa shape index (κ2) is 12.5. The number of allylic oxidation sites excluding steroid dienone is 2. The smallest absolute Gasteiger partial charge is 0.162 e. The van der Waals surface area contributed by atoms with Crippen molar-refractivity contribution in [3.05, 3.63) is 88.8 Å². The van der Waals surface area contributed by atoms with E-state index >= 15 is 0 Å². The van der Waals surface area contributed by atoms with Gasteiger partial charge in [0.1, 0.15) is 0 Å². The quantitative estimate of drug-likeness (QED) is 0.151. The molecule has 2 aromatic carbocycles. The first-order valence-electron chi connectivity index (χ1n) is 14.6. The zero-order valence-corrected chi connectivity index (χ0v) is 27.7. The molecule has 4 heteroatoms. The summed E-state index contributed by atoms with van der Waals surface area (Å²) in [6.45, 7) is 17.4. The van der Waals surface area contributed by atoms with Gasteiger partial charge in [-0.1, -0.05) is 96.3 Å². The van der Waals surface area contributed by atoms with E-state index in [9.17, 15) is 9.90 Å². The molecule has 0 spiro atoms. The normalized spacial score (nSPS) is 15.4. The van der Waals surface area contributed by atoms with Gasteiger partial charge in [-0.2, -0.15) is 0 Å². The number of hydrogen-bond acceptors (Lipinski definition) is 3. The second-order valence-electron chi connectivity index (χ2n) is 12.0. The SMILES string of the molecule is CC1(C)c2cccnc2-c2[c-]ccc3c2-c2c1cccc2C3(C)C.CCC(CC)C(=O)/C=C(\O)C(CC)CC.[Ir]. The van der Waals surface area contributed by atoms with Crippen LogP contribution in [0.5, 0.6) is 0 Å². The number of hydrogen-bond donors (Lipinski definition) is 1. The molecule has 0 bridgehead atoms. The molecule has 0 saturated heterocycles. The van der Waals surface area contributed by atoms with Crippen LogP contribution < -0.4 is 0 Å². The van der Waals surface area contributed by atoms with Crippen molar-refractivity contribution in [3.63, 3.8) is 0 Å². The van der Waals surface area contributed by atoms with Gasteiger partial charge in [-0.05, 0) is 54.0 Å². The van der Waals surface area contributed by atoms with Crippen LogP contribution in [0.3, 0.4) is 0 Å². The average molecular weight is 715 g/mol. The van der Waals surface area contributed by atoms with Crippen LogP contribution in [0.25, 0.3) is 22.4 Å². The van der Waals surface area contributed by atoms with Crippen LogP contribution in [0.15, 0.2) is 60.5 Å². The van der Waals surface area contributed by atoms with Gasteiger partial charge in [0.05, 0.1) is 5.76 Å². The fourth-order valence-corrected chi connectivity index (χ4v) is 6.51. The maximum atomic E-state index is 11.7. The summed E-state index contributed by atoms with van der Waals surface area (Å²) in [4.78, 5) is 16.5. The maximum Gasteiger partial charge on any atom is 0.162 e. The molecular formula is C36H44IrNO2-. The molecule has 0 amide bonds. The van der Waals surface area contributed by atoms with E-state index in [1.807, 2.05) is 33.9 Å². The average Bonchev–Trinajstić information content (AvgIpc) is 3.12. The first-order chi connectivity index (χ1) is 18.5. The predicted octanol–water partition coefficient (Wildman–Crippen LogP) is 9.36. The minimum atomic E-state index is -0.0838. The molecule has 3 aromatic rings. The van der Waals surface area contributed by atoms with Gasteiger partial charge in [0.2, 0.25) is 0 Å². The molecule has 5 rings (SSSR count). The van der Waals surface area contributed by atoms with Crippen LogP contribution in [0.1, 0.15) is 103 Å². The van der Waals surface area contributed by atoms with Crippen LogP contribution in [0.2, 0.25) is 0 Å². The summed E-state index contributed by atoms with van der Waals surface area (Å²) < 4.78 is 0. The summed E-state index contributed by atoms with van der Waals surface area (Å²) in [6.07, 6.45) is 6.81. The predicted molar refractivity (Wildman–Crippen MR) is 162 cm³/mol. The number of nitrogens with zero attached hydrogens (tertiary/aromatic N) is 1. The summed E-state index contributed by atoms with van der Waals surface area (Å²) >= 11 is 0. The van der Waals surface area contributed by atoms with Gasteiger partial charge < -0.3 is 10.1 Å². The molecule has 0 saturated carbocycles. The Morgan fingerprint density at radius 1 is 0.825 bits per heavy atom. The third-order valence-corrected chi connectivity index (χ3v) is 9.13. The van der Waals surface area contributed by atoms with Gasteiger partial charge in [-0.25, -0.2) is 0 Å². The van der Waals surface area contributed by atoms with Crippen molar-refractivity contribution in [2.75, 3.05) is 0 Å². The molecule has 3 nitrogen and oxygen atoms in total. The summed E-state index contributed by atoms with van der Waals surface area (Å²) in [5, 5.41) is 9.76. The summed E-state index contributed by atoms with van der Waals surface area (Å²) in [5.74, 6) is 0.547. The van der Waals surface area contributed by atoms with Crippen LogP contribution in [0, 0.1) is 17.9 Å². The van der Waals surface area contributed by atoms with E-state index in [2.05, 4.69) is 76.2 Å². The first-order valence-corrected chi connectivity index (χ1v) is 14.6. The molecule has 215 valence electrons. The van der Waals surface area contributed by atoms with E-state index < -0.39 is 0 Å². The molecular weight excluding hydrogens is 671 g/mol. The second-order valence-corrected chi connectivity index (χ2v) is 12.0. The van der Waals surface area contributed by atoms with E-state index in [0.29, 0.717) is 0 Å². The summed E-state index contributed by atoms with van der Waals surface area (Å²) in [7, 11) is 0. The van der Waals surface area contributed by atoms with Crippen LogP contribution in [-0.2, 0) is 35.7 Å². The number of aromatic nitrogens is 1. The zero-order valence-electron chi connectivity index (χ0n) is 25.3. The summed E-state index contributed by atoms with van der Waals surface area (Å²) in [5.41, 5.74) is 10.4. The van der Waals surface area contributed by atoms with Gasteiger partial charge in [-0.3, -0.25) is 4.79 Å². The Balaban J connectivity index is 0.000000243. The number of fused-ring (bicyclic) bond motifs is 2. The Labute approximate surface area is 254 Å². The Kier molecular flexibility index (Phi) is 10.0. The number of rotatable bonds is 7. The molecule has 0 unspecified atom stereocenters. The van der Waals surface area contributed by atoms with Crippen LogP contribution >= 0.6 is 0 Å². The molecule has 2 aliphatic carbocycles. The van der Waals surface area contributed by atoms with E-state index in [1.54, 1.807) is 0 Å². The fraction of sp³-hybridized carbons (Fsp3) is 0.444.